The molecule has 2 rings (SSSR count). The minimum atomic E-state index is 0.692. The predicted octanol–water partition coefficient (Wildman–Crippen LogP) is 2.84. The van der Waals surface area contributed by atoms with E-state index in [0.29, 0.717) is 6.54 Å². The van der Waals surface area contributed by atoms with Crippen LogP contribution in [0.3, 0.4) is 0 Å². The van der Waals surface area contributed by atoms with Crippen molar-refractivity contribution in [1.82, 2.24) is 20.2 Å². The number of guanidine groups is 1. The Hall–Kier alpha value is -1.95. The zero-order valence-corrected chi connectivity index (χ0v) is 14.9. The highest BCUT2D eigenvalue weighted by atomic mass is 32.2. The molecule has 0 radical (unpaired) electrons. The molecule has 0 aliphatic carbocycles. The summed E-state index contributed by atoms with van der Waals surface area (Å²) in [6.07, 6.45) is 3.98. The van der Waals surface area contributed by atoms with Crippen LogP contribution in [-0.4, -0.2) is 53.0 Å². The predicted molar refractivity (Wildman–Crippen MR) is 99.9 cm³/mol. The molecule has 0 unspecified atom stereocenters. The van der Waals surface area contributed by atoms with Gasteiger partial charge in [-0.1, -0.05) is 30.3 Å². The first-order valence-corrected chi connectivity index (χ1v) is 9.21. The van der Waals surface area contributed by atoms with Crippen LogP contribution in [-0.2, 0) is 6.54 Å². The lowest BCUT2D eigenvalue weighted by Gasteiger charge is -2.21. The van der Waals surface area contributed by atoms with Gasteiger partial charge in [-0.25, -0.2) is 4.98 Å². The van der Waals surface area contributed by atoms with E-state index in [-0.39, 0.29) is 0 Å². The number of nitrogens with zero attached hydrogens (tertiary/aromatic N) is 3. The van der Waals surface area contributed by atoms with E-state index in [1.165, 1.54) is 0 Å². The molecule has 124 valence electrons. The molecule has 5 nitrogen and oxygen atoms in total. The minimum Gasteiger partial charge on any atom is -0.357 e. The highest BCUT2D eigenvalue weighted by Crippen LogP contribution is 2.16. The Labute approximate surface area is 142 Å². The standard InChI is InChI=1S/C17H25N5S/c1-4-18-17(19-10-11-23-3)22(2)13-16-20-12-15(21-16)14-8-6-5-7-9-14/h5-9,12H,4,10-11,13H2,1-3H3,(H,18,19)(H,20,21). The van der Waals surface area contributed by atoms with E-state index in [4.69, 9.17) is 0 Å². The number of hydrogen-bond donors (Lipinski definition) is 2. The fourth-order valence-electron chi connectivity index (χ4n) is 2.22. The number of hydrogen-bond acceptors (Lipinski definition) is 3. The highest BCUT2D eigenvalue weighted by molar-refractivity contribution is 7.98. The Bertz CT molecular complexity index is 608. The maximum Gasteiger partial charge on any atom is 0.194 e. The minimum absolute atomic E-state index is 0.692. The molecule has 2 N–H and O–H groups in total. The molecule has 1 heterocycles. The Balaban J connectivity index is 2.02. The molecule has 0 saturated carbocycles. The third-order valence-corrected chi connectivity index (χ3v) is 3.94. The maximum absolute atomic E-state index is 4.63. The summed E-state index contributed by atoms with van der Waals surface area (Å²) in [4.78, 5) is 14.6. The fraction of sp³-hybridized carbons (Fsp3) is 0.412. The largest absolute Gasteiger partial charge is 0.357 e. The number of thioether (sulfide) groups is 1. The average Bonchev–Trinajstić information content (AvgIpc) is 3.03. The van der Waals surface area contributed by atoms with E-state index in [1.807, 2.05) is 31.4 Å². The van der Waals surface area contributed by atoms with Crippen LogP contribution < -0.4 is 5.32 Å². The molecule has 0 aliphatic rings. The van der Waals surface area contributed by atoms with Gasteiger partial charge in [-0.3, -0.25) is 4.99 Å². The van der Waals surface area contributed by atoms with Crippen LogP contribution in [0.25, 0.3) is 11.3 Å². The van der Waals surface area contributed by atoms with Gasteiger partial charge in [0, 0.05) is 19.3 Å². The normalized spacial score (nSPS) is 11.5. The summed E-state index contributed by atoms with van der Waals surface area (Å²) in [6, 6.07) is 10.2. The van der Waals surface area contributed by atoms with Crippen molar-refractivity contribution in [2.24, 2.45) is 4.99 Å². The zero-order chi connectivity index (χ0) is 16.5. The van der Waals surface area contributed by atoms with E-state index in [2.05, 4.69) is 50.5 Å². The van der Waals surface area contributed by atoms with Gasteiger partial charge in [-0.15, -0.1) is 0 Å². The summed E-state index contributed by atoms with van der Waals surface area (Å²) in [5.41, 5.74) is 2.19. The van der Waals surface area contributed by atoms with Gasteiger partial charge in [0.15, 0.2) is 5.96 Å². The van der Waals surface area contributed by atoms with Gasteiger partial charge in [0.1, 0.15) is 5.82 Å². The van der Waals surface area contributed by atoms with E-state index in [1.54, 1.807) is 11.8 Å². The topological polar surface area (TPSA) is 56.3 Å². The van der Waals surface area contributed by atoms with Crippen molar-refractivity contribution in [3.63, 3.8) is 0 Å². The molecule has 0 fully saturated rings. The van der Waals surface area contributed by atoms with E-state index < -0.39 is 0 Å². The molecule has 0 atom stereocenters. The Kier molecular flexibility index (Phi) is 7.00. The van der Waals surface area contributed by atoms with Crippen LogP contribution in [0.4, 0.5) is 0 Å². The van der Waals surface area contributed by atoms with Crippen molar-refractivity contribution in [3.8, 4) is 11.3 Å². The number of benzene rings is 1. The van der Waals surface area contributed by atoms with Gasteiger partial charge in [0.25, 0.3) is 0 Å². The van der Waals surface area contributed by atoms with Crippen molar-refractivity contribution in [1.29, 1.82) is 0 Å². The molecule has 1 aromatic carbocycles. The molecule has 0 bridgehead atoms. The smallest absolute Gasteiger partial charge is 0.194 e. The van der Waals surface area contributed by atoms with Gasteiger partial charge < -0.3 is 15.2 Å². The number of H-pyrrole nitrogens is 1. The maximum atomic E-state index is 4.63. The van der Waals surface area contributed by atoms with Gasteiger partial charge >= 0.3 is 0 Å². The summed E-state index contributed by atoms with van der Waals surface area (Å²) in [5, 5.41) is 3.33. The second kappa shape index (κ2) is 9.25. The van der Waals surface area contributed by atoms with Gasteiger partial charge in [0.05, 0.1) is 25.0 Å². The van der Waals surface area contributed by atoms with Crippen molar-refractivity contribution in [2.45, 2.75) is 13.5 Å². The van der Waals surface area contributed by atoms with Gasteiger partial charge in [-0.05, 0) is 18.7 Å². The highest BCUT2D eigenvalue weighted by Gasteiger charge is 2.09. The number of imidazole rings is 1. The van der Waals surface area contributed by atoms with Gasteiger partial charge in [0.2, 0.25) is 0 Å². The molecule has 0 aliphatic heterocycles. The molecule has 23 heavy (non-hydrogen) atoms. The van der Waals surface area contributed by atoms with Crippen LogP contribution >= 0.6 is 11.8 Å². The molecule has 1 aromatic heterocycles. The van der Waals surface area contributed by atoms with E-state index in [0.717, 1.165) is 41.9 Å². The van der Waals surface area contributed by atoms with Crippen LogP contribution in [0.5, 0.6) is 0 Å². The monoisotopic (exact) mass is 331 g/mol. The quantitative estimate of drug-likeness (QED) is 0.465. The average molecular weight is 331 g/mol. The Morgan fingerprint density at radius 2 is 2.13 bits per heavy atom. The number of nitrogens with one attached hydrogen (secondary N) is 2. The summed E-state index contributed by atoms with van der Waals surface area (Å²) in [7, 11) is 2.03. The Morgan fingerprint density at radius 3 is 2.83 bits per heavy atom. The summed E-state index contributed by atoms with van der Waals surface area (Å²) < 4.78 is 0. The SMILES string of the molecule is CCNC(=NCCSC)N(C)Cc1ncc(-c2ccccc2)[nH]1. The third-order valence-electron chi connectivity index (χ3n) is 3.35. The molecule has 0 amide bonds. The number of aromatic amines is 1. The van der Waals surface area contributed by atoms with Crippen molar-refractivity contribution >= 4 is 17.7 Å². The van der Waals surface area contributed by atoms with Crippen molar-refractivity contribution < 1.29 is 0 Å². The first kappa shape index (κ1) is 17.4. The summed E-state index contributed by atoms with van der Waals surface area (Å²) >= 11 is 1.81. The second-order valence-corrected chi connectivity index (χ2v) is 6.18. The molecule has 0 spiro atoms. The first-order chi connectivity index (χ1) is 11.2. The van der Waals surface area contributed by atoms with Crippen LogP contribution in [0.2, 0.25) is 0 Å². The molecular weight excluding hydrogens is 306 g/mol. The molecule has 0 saturated heterocycles. The molecule has 6 heteroatoms. The number of aliphatic imine (C=N–C) groups is 1. The van der Waals surface area contributed by atoms with Crippen molar-refractivity contribution in [3.05, 3.63) is 42.4 Å². The number of rotatable bonds is 7. The summed E-state index contributed by atoms with van der Waals surface area (Å²) in [6.45, 7) is 4.45. The summed E-state index contributed by atoms with van der Waals surface area (Å²) in [5.74, 6) is 2.88. The van der Waals surface area contributed by atoms with Crippen molar-refractivity contribution in [2.75, 3.05) is 32.1 Å². The third kappa shape index (κ3) is 5.32. The van der Waals surface area contributed by atoms with Crippen LogP contribution in [0.1, 0.15) is 12.7 Å². The lowest BCUT2D eigenvalue weighted by Crippen LogP contribution is -2.38. The Morgan fingerprint density at radius 1 is 1.35 bits per heavy atom. The first-order valence-electron chi connectivity index (χ1n) is 7.82. The van der Waals surface area contributed by atoms with Crippen LogP contribution in [0, 0.1) is 0 Å². The lowest BCUT2D eigenvalue weighted by molar-refractivity contribution is 0.465. The molecule has 2 aromatic rings. The second-order valence-electron chi connectivity index (χ2n) is 5.19. The zero-order valence-electron chi connectivity index (χ0n) is 14.0. The van der Waals surface area contributed by atoms with E-state index >= 15 is 0 Å². The molecular formula is C17H25N5S. The van der Waals surface area contributed by atoms with E-state index in [9.17, 15) is 0 Å². The van der Waals surface area contributed by atoms with Gasteiger partial charge in [-0.2, -0.15) is 11.8 Å². The fourth-order valence-corrected chi connectivity index (χ4v) is 2.49. The van der Waals surface area contributed by atoms with Crippen LogP contribution in [0.15, 0.2) is 41.5 Å². The lowest BCUT2D eigenvalue weighted by atomic mass is 10.2. The number of aromatic nitrogens is 2.